The summed E-state index contributed by atoms with van der Waals surface area (Å²) in [4.78, 5) is 11.3. The van der Waals surface area contributed by atoms with E-state index < -0.39 is 0 Å². The van der Waals surface area contributed by atoms with E-state index in [1.807, 2.05) is 25.1 Å². The summed E-state index contributed by atoms with van der Waals surface area (Å²) in [5.41, 5.74) is 1.76. The van der Waals surface area contributed by atoms with Crippen LogP contribution in [-0.4, -0.2) is 30.3 Å². The molecule has 1 amide bonds. The Bertz CT molecular complexity index is 488. The molecule has 1 aromatic carbocycles. The summed E-state index contributed by atoms with van der Waals surface area (Å²) in [7, 11) is 0. The molecule has 0 bridgehead atoms. The number of benzene rings is 1. The Morgan fingerprint density at radius 3 is 2.80 bits per heavy atom. The van der Waals surface area contributed by atoms with Crippen molar-refractivity contribution < 1.29 is 14.6 Å². The van der Waals surface area contributed by atoms with Crippen molar-refractivity contribution >= 4 is 11.6 Å². The molecule has 0 radical (unpaired) electrons. The van der Waals surface area contributed by atoms with Crippen LogP contribution in [0.4, 0.5) is 5.69 Å². The van der Waals surface area contributed by atoms with E-state index in [1.54, 1.807) is 0 Å². The van der Waals surface area contributed by atoms with Gasteiger partial charge in [0.25, 0.3) is 5.91 Å². The van der Waals surface area contributed by atoms with Crippen molar-refractivity contribution in [2.24, 2.45) is 5.92 Å². The van der Waals surface area contributed by atoms with Gasteiger partial charge < -0.3 is 20.5 Å². The molecule has 1 heterocycles. The van der Waals surface area contributed by atoms with E-state index >= 15 is 0 Å². The van der Waals surface area contributed by atoms with Gasteiger partial charge in [-0.3, -0.25) is 4.79 Å². The fourth-order valence-electron chi connectivity index (χ4n) is 2.24. The van der Waals surface area contributed by atoms with Gasteiger partial charge >= 0.3 is 0 Å². The smallest absolute Gasteiger partial charge is 0.262 e. The van der Waals surface area contributed by atoms with Crippen LogP contribution in [0.15, 0.2) is 18.2 Å². The molecule has 2 unspecified atom stereocenters. The number of ether oxygens (including phenoxy) is 1. The fourth-order valence-corrected chi connectivity index (χ4v) is 2.24. The van der Waals surface area contributed by atoms with Crippen LogP contribution in [0.5, 0.6) is 5.75 Å². The summed E-state index contributed by atoms with van der Waals surface area (Å²) in [6.45, 7) is 6.36. The third-order valence-corrected chi connectivity index (χ3v) is 3.60. The van der Waals surface area contributed by atoms with Crippen LogP contribution in [0.2, 0.25) is 0 Å². The van der Waals surface area contributed by atoms with Gasteiger partial charge in [0.1, 0.15) is 5.75 Å². The number of aliphatic hydroxyl groups excluding tert-OH is 1. The van der Waals surface area contributed by atoms with E-state index in [9.17, 15) is 9.90 Å². The molecule has 5 nitrogen and oxygen atoms in total. The van der Waals surface area contributed by atoms with Gasteiger partial charge in [0.15, 0.2) is 6.61 Å². The second-order valence-electron chi connectivity index (χ2n) is 5.51. The molecule has 3 N–H and O–H groups in total. The molecule has 1 aliphatic rings. The number of nitrogens with one attached hydrogen (secondary N) is 2. The highest BCUT2D eigenvalue weighted by molar-refractivity contribution is 5.95. The Labute approximate surface area is 119 Å². The number of anilines is 1. The number of fused-ring (bicyclic) bond motifs is 1. The zero-order valence-corrected chi connectivity index (χ0v) is 12.1. The predicted octanol–water partition coefficient (Wildman–Crippen LogP) is 1.69. The zero-order chi connectivity index (χ0) is 14.7. The van der Waals surface area contributed by atoms with Gasteiger partial charge in [-0.15, -0.1) is 0 Å². The Kier molecular flexibility index (Phi) is 4.62. The number of hydrogen-bond donors (Lipinski definition) is 3. The molecule has 2 rings (SSSR count). The highest BCUT2D eigenvalue weighted by Gasteiger charge is 2.19. The zero-order valence-electron chi connectivity index (χ0n) is 12.1. The van der Waals surface area contributed by atoms with E-state index in [2.05, 4.69) is 24.5 Å². The maximum absolute atomic E-state index is 11.3. The lowest BCUT2D eigenvalue weighted by Crippen LogP contribution is -2.38. The van der Waals surface area contributed by atoms with Crippen molar-refractivity contribution in [2.75, 3.05) is 18.5 Å². The van der Waals surface area contributed by atoms with Gasteiger partial charge in [-0.25, -0.2) is 0 Å². The average molecular weight is 278 g/mol. The lowest BCUT2D eigenvalue weighted by molar-refractivity contribution is -0.118. The first-order valence-corrected chi connectivity index (χ1v) is 6.94. The highest BCUT2D eigenvalue weighted by atomic mass is 16.5. The van der Waals surface area contributed by atoms with Crippen molar-refractivity contribution in [1.82, 2.24) is 5.32 Å². The molecule has 2 atom stereocenters. The van der Waals surface area contributed by atoms with E-state index in [0.29, 0.717) is 17.4 Å². The minimum atomic E-state index is -0.134. The number of hydrogen-bond acceptors (Lipinski definition) is 4. The molecule has 0 fully saturated rings. The highest BCUT2D eigenvalue weighted by Crippen LogP contribution is 2.30. The van der Waals surface area contributed by atoms with Crippen LogP contribution in [0.3, 0.4) is 0 Å². The van der Waals surface area contributed by atoms with Crippen molar-refractivity contribution in [2.45, 2.75) is 32.9 Å². The Balaban J connectivity index is 2.12. The molecule has 1 aliphatic heterocycles. The van der Waals surface area contributed by atoms with Crippen LogP contribution in [0, 0.1) is 5.92 Å². The molecule has 110 valence electrons. The summed E-state index contributed by atoms with van der Waals surface area (Å²) in [6.07, 6.45) is 0. The van der Waals surface area contributed by atoms with Crippen LogP contribution in [0.25, 0.3) is 0 Å². The third-order valence-electron chi connectivity index (χ3n) is 3.60. The fraction of sp³-hybridized carbons (Fsp3) is 0.533. The average Bonchev–Trinajstić information content (AvgIpc) is 2.43. The first kappa shape index (κ1) is 14.8. The molecular formula is C15H22N2O3. The molecular weight excluding hydrogens is 256 g/mol. The monoisotopic (exact) mass is 278 g/mol. The van der Waals surface area contributed by atoms with Crippen molar-refractivity contribution in [1.29, 1.82) is 0 Å². The van der Waals surface area contributed by atoms with Crippen molar-refractivity contribution in [3.63, 3.8) is 0 Å². The number of rotatable bonds is 5. The third kappa shape index (κ3) is 3.29. The van der Waals surface area contributed by atoms with Gasteiger partial charge in [0, 0.05) is 12.1 Å². The molecule has 5 heteroatoms. The quantitative estimate of drug-likeness (QED) is 0.766. The van der Waals surface area contributed by atoms with E-state index in [1.165, 1.54) is 0 Å². The predicted molar refractivity (Wildman–Crippen MR) is 77.8 cm³/mol. The SMILES string of the molecule is CC(NC(CO)C(C)C)c1ccc2c(c1)NC(=O)CO2. The van der Waals surface area contributed by atoms with Gasteiger partial charge in [0.2, 0.25) is 0 Å². The number of amides is 1. The Morgan fingerprint density at radius 1 is 1.40 bits per heavy atom. The lowest BCUT2D eigenvalue weighted by Gasteiger charge is -2.26. The van der Waals surface area contributed by atoms with Crippen LogP contribution >= 0.6 is 0 Å². The maximum atomic E-state index is 11.3. The number of carbonyl (C=O) groups is 1. The second kappa shape index (κ2) is 6.24. The minimum Gasteiger partial charge on any atom is -0.482 e. The standard InChI is InChI=1S/C15H22N2O3/c1-9(2)13(7-18)16-10(3)11-4-5-14-12(6-11)17-15(19)8-20-14/h4-6,9-10,13,16,18H,7-8H2,1-3H3,(H,17,19). The first-order chi connectivity index (χ1) is 9.51. The van der Waals surface area contributed by atoms with E-state index in [0.717, 1.165) is 5.56 Å². The van der Waals surface area contributed by atoms with Crippen LogP contribution < -0.4 is 15.4 Å². The van der Waals surface area contributed by atoms with Crippen molar-refractivity contribution in [3.8, 4) is 5.75 Å². The maximum Gasteiger partial charge on any atom is 0.262 e. The molecule has 0 aliphatic carbocycles. The lowest BCUT2D eigenvalue weighted by atomic mass is 10.0. The Hall–Kier alpha value is -1.59. The summed E-state index contributed by atoms with van der Waals surface area (Å²) < 4.78 is 5.34. The molecule has 0 aromatic heterocycles. The summed E-state index contributed by atoms with van der Waals surface area (Å²) in [5, 5.41) is 15.6. The van der Waals surface area contributed by atoms with Crippen molar-refractivity contribution in [3.05, 3.63) is 23.8 Å². The Morgan fingerprint density at radius 2 is 2.15 bits per heavy atom. The van der Waals surface area contributed by atoms with E-state index in [-0.39, 0.29) is 31.2 Å². The molecule has 0 saturated heterocycles. The summed E-state index contributed by atoms with van der Waals surface area (Å²) in [5.74, 6) is 0.914. The normalized spacial score (nSPS) is 17.1. The van der Waals surface area contributed by atoms with Gasteiger partial charge in [-0.1, -0.05) is 19.9 Å². The molecule has 0 spiro atoms. The molecule has 1 aromatic rings. The topological polar surface area (TPSA) is 70.6 Å². The molecule has 20 heavy (non-hydrogen) atoms. The van der Waals surface area contributed by atoms with E-state index in [4.69, 9.17) is 4.74 Å². The number of aliphatic hydroxyl groups is 1. The van der Waals surface area contributed by atoms with Crippen LogP contribution in [-0.2, 0) is 4.79 Å². The summed E-state index contributed by atoms with van der Waals surface area (Å²) in [6, 6.07) is 5.89. The summed E-state index contributed by atoms with van der Waals surface area (Å²) >= 11 is 0. The number of carbonyl (C=O) groups excluding carboxylic acids is 1. The largest absolute Gasteiger partial charge is 0.482 e. The van der Waals surface area contributed by atoms with Gasteiger partial charge in [-0.05, 0) is 30.5 Å². The van der Waals surface area contributed by atoms with Gasteiger partial charge in [-0.2, -0.15) is 0 Å². The van der Waals surface area contributed by atoms with Gasteiger partial charge in [0.05, 0.1) is 12.3 Å². The molecule has 0 saturated carbocycles. The minimum absolute atomic E-state index is 0.0480. The second-order valence-corrected chi connectivity index (χ2v) is 5.51. The first-order valence-electron chi connectivity index (χ1n) is 6.94. The van der Waals surface area contributed by atoms with Crippen LogP contribution in [0.1, 0.15) is 32.4 Å².